The fourth-order valence-corrected chi connectivity index (χ4v) is 3.47. The summed E-state index contributed by atoms with van der Waals surface area (Å²) in [7, 11) is 0. The first kappa shape index (κ1) is 12.2. The highest BCUT2D eigenvalue weighted by molar-refractivity contribution is 7.24. The molecule has 21 heavy (non-hydrogen) atoms. The molecule has 4 rings (SSSR count). The molecule has 102 valence electrons. The number of hydrogen-bond donors (Lipinski definition) is 0. The van der Waals surface area contributed by atoms with Gasteiger partial charge in [0.2, 0.25) is 11.7 Å². The Morgan fingerprint density at radius 3 is 2.67 bits per heavy atom. The number of aryl methyl sites for hydroxylation is 1. The van der Waals surface area contributed by atoms with Gasteiger partial charge in [-0.05, 0) is 24.3 Å². The maximum Gasteiger partial charge on any atom is 0.223 e. The summed E-state index contributed by atoms with van der Waals surface area (Å²) in [4.78, 5) is 16.7. The lowest BCUT2D eigenvalue weighted by Gasteiger charge is -2.02. The van der Waals surface area contributed by atoms with Crippen molar-refractivity contribution in [1.82, 2.24) is 10.1 Å². The van der Waals surface area contributed by atoms with E-state index in [1.807, 2.05) is 42.5 Å². The number of benzene rings is 2. The number of fused-ring (bicyclic) bond motifs is 2. The molecule has 0 saturated heterocycles. The van der Waals surface area contributed by atoms with Crippen LogP contribution in [0.5, 0.6) is 0 Å². The Morgan fingerprint density at radius 1 is 1.05 bits per heavy atom. The molecule has 0 spiro atoms. The SMILES string of the molecule is Cc1nc(-c2ccc3c(=O)c4ccccc4sc3c2)no1. The first-order chi connectivity index (χ1) is 10.2. The molecule has 0 amide bonds. The Labute approximate surface area is 123 Å². The minimum absolute atomic E-state index is 0.0650. The minimum atomic E-state index is 0.0650. The largest absolute Gasteiger partial charge is 0.339 e. The van der Waals surface area contributed by atoms with Crippen molar-refractivity contribution < 1.29 is 4.52 Å². The van der Waals surface area contributed by atoms with Gasteiger partial charge >= 0.3 is 0 Å². The van der Waals surface area contributed by atoms with Crippen molar-refractivity contribution in [2.75, 3.05) is 0 Å². The highest BCUT2D eigenvalue weighted by Crippen LogP contribution is 2.28. The summed E-state index contributed by atoms with van der Waals surface area (Å²) >= 11 is 1.59. The molecule has 4 aromatic rings. The van der Waals surface area contributed by atoms with Crippen LogP contribution in [0.15, 0.2) is 51.8 Å². The van der Waals surface area contributed by atoms with Crippen molar-refractivity contribution >= 4 is 31.5 Å². The van der Waals surface area contributed by atoms with Gasteiger partial charge in [0, 0.05) is 32.7 Å². The second-order valence-corrected chi connectivity index (χ2v) is 5.86. The zero-order chi connectivity index (χ0) is 14.4. The van der Waals surface area contributed by atoms with Crippen LogP contribution in [0.2, 0.25) is 0 Å². The monoisotopic (exact) mass is 294 g/mol. The van der Waals surface area contributed by atoms with E-state index >= 15 is 0 Å². The molecule has 0 N–H and O–H groups in total. The molecule has 0 radical (unpaired) electrons. The average Bonchev–Trinajstić information content (AvgIpc) is 2.94. The molecule has 0 bridgehead atoms. The van der Waals surface area contributed by atoms with E-state index in [9.17, 15) is 4.79 Å². The summed E-state index contributed by atoms with van der Waals surface area (Å²) in [6.07, 6.45) is 0. The van der Waals surface area contributed by atoms with Crippen LogP contribution >= 0.6 is 11.3 Å². The van der Waals surface area contributed by atoms with E-state index in [0.29, 0.717) is 11.7 Å². The van der Waals surface area contributed by atoms with Gasteiger partial charge in [-0.15, -0.1) is 11.3 Å². The third kappa shape index (κ3) is 1.94. The van der Waals surface area contributed by atoms with Gasteiger partial charge in [-0.25, -0.2) is 0 Å². The first-order valence-electron chi connectivity index (χ1n) is 6.49. The lowest BCUT2D eigenvalue weighted by Crippen LogP contribution is -2.00. The number of aromatic nitrogens is 2. The average molecular weight is 294 g/mol. The molecule has 2 heterocycles. The van der Waals surface area contributed by atoms with Crippen LogP contribution in [-0.2, 0) is 0 Å². The van der Waals surface area contributed by atoms with Gasteiger partial charge in [-0.2, -0.15) is 4.98 Å². The van der Waals surface area contributed by atoms with Crippen molar-refractivity contribution in [2.45, 2.75) is 6.92 Å². The highest BCUT2D eigenvalue weighted by atomic mass is 32.1. The third-order valence-corrected chi connectivity index (χ3v) is 4.50. The standard InChI is InChI=1S/C16H10N2O2S/c1-9-17-16(18-20-9)10-6-7-12-14(8-10)21-13-5-3-2-4-11(13)15(12)19/h2-8H,1H3. The second kappa shape index (κ2) is 4.49. The zero-order valence-corrected chi connectivity index (χ0v) is 12.0. The lowest BCUT2D eigenvalue weighted by molar-refractivity contribution is 0.394. The van der Waals surface area contributed by atoms with Gasteiger partial charge < -0.3 is 4.52 Å². The van der Waals surface area contributed by atoms with E-state index in [2.05, 4.69) is 10.1 Å². The van der Waals surface area contributed by atoms with E-state index in [-0.39, 0.29) is 5.43 Å². The fourth-order valence-electron chi connectivity index (χ4n) is 2.36. The van der Waals surface area contributed by atoms with Gasteiger partial charge in [0.05, 0.1) is 0 Å². The Hall–Kier alpha value is -2.53. The maximum atomic E-state index is 12.5. The van der Waals surface area contributed by atoms with E-state index < -0.39 is 0 Å². The topological polar surface area (TPSA) is 56.0 Å². The molecular weight excluding hydrogens is 284 g/mol. The smallest absolute Gasteiger partial charge is 0.223 e. The molecule has 2 aromatic carbocycles. The lowest BCUT2D eigenvalue weighted by atomic mass is 10.1. The molecule has 0 unspecified atom stereocenters. The second-order valence-electron chi connectivity index (χ2n) is 4.78. The molecule has 0 saturated carbocycles. The van der Waals surface area contributed by atoms with Gasteiger partial charge in [0.1, 0.15) is 0 Å². The van der Waals surface area contributed by atoms with Crippen molar-refractivity contribution in [3.63, 3.8) is 0 Å². The number of rotatable bonds is 1. The molecule has 0 atom stereocenters. The van der Waals surface area contributed by atoms with Crippen LogP contribution < -0.4 is 5.43 Å². The Kier molecular flexibility index (Phi) is 2.62. The van der Waals surface area contributed by atoms with Crippen LogP contribution in [0, 0.1) is 6.92 Å². The van der Waals surface area contributed by atoms with Gasteiger partial charge in [0.25, 0.3) is 0 Å². The van der Waals surface area contributed by atoms with Gasteiger partial charge in [0.15, 0.2) is 5.43 Å². The molecule has 0 aliphatic carbocycles. The van der Waals surface area contributed by atoms with Crippen LogP contribution in [0.4, 0.5) is 0 Å². The van der Waals surface area contributed by atoms with Gasteiger partial charge in [-0.3, -0.25) is 4.79 Å². The van der Waals surface area contributed by atoms with Crippen LogP contribution in [0.3, 0.4) is 0 Å². The molecule has 2 aromatic heterocycles. The van der Waals surface area contributed by atoms with E-state index in [1.54, 1.807) is 18.3 Å². The van der Waals surface area contributed by atoms with E-state index in [4.69, 9.17) is 4.52 Å². The van der Waals surface area contributed by atoms with Crippen molar-refractivity contribution in [3.05, 3.63) is 58.6 Å². The van der Waals surface area contributed by atoms with Crippen LogP contribution in [0.25, 0.3) is 31.6 Å². The Bertz CT molecular complexity index is 1030. The predicted octanol–water partition coefficient (Wildman–Crippen LogP) is 3.77. The normalized spacial score (nSPS) is 11.3. The summed E-state index contributed by atoms with van der Waals surface area (Å²) in [5.74, 6) is 1.07. The van der Waals surface area contributed by atoms with Gasteiger partial charge in [-0.1, -0.05) is 23.4 Å². The number of hydrogen-bond acceptors (Lipinski definition) is 5. The minimum Gasteiger partial charge on any atom is -0.339 e. The van der Waals surface area contributed by atoms with Crippen molar-refractivity contribution in [3.8, 4) is 11.4 Å². The summed E-state index contributed by atoms with van der Waals surface area (Å²) in [6, 6.07) is 13.3. The highest BCUT2D eigenvalue weighted by Gasteiger charge is 2.10. The van der Waals surface area contributed by atoms with Crippen molar-refractivity contribution in [2.24, 2.45) is 0 Å². The quantitative estimate of drug-likeness (QED) is 0.501. The van der Waals surface area contributed by atoms with Crippen LogP contribution in [-0.4, -0.2) is 10.1 Å². The molecular formula is C16H10N2O2S. The number of nitrogens with zero attached hydrogens (tertiary/aromatic N) is 2. The predicted molar refractivity (Wildman–Crippen MR) is 83.6 cm³/mol. The van der Waals surface area contributed by atoms with E-state index in [0.717, 1.165) is 25.7 Å². The summed E-state index contributed by atoms with van der Waals surface area (Å²) in [6.45, 7) is 1.75. The van der Waals surface area contributed by atoms with Crippen LogP contribution in [0.1, 0.15) is 5.89 Å². The summed E-state index contributed by atoms with van der Waals surface area (Å²) in [5, 5.41) is 5.40. The Balaban J connectivity index is 2.04. The Morgan fingerprint density at radius 2 is 1.86 bits per heavy atom. The molecule has 5 heteroatoms. The molecule has 0 fully saturated rings. The maximum absolute atomic E-state index is 12.5. The molecule has 0 aliphatic heterocycles. The molecule has 0 aliphatic rings. The fraction of sp³-hybridized carbons (Fsp3) is 0.0625. The third-order valence-electron chi connectivity index (χ3n) is 3.36. The summed E-state index contributed by atoms with van der Waals surface area (Å²) < 4.78 is 6.92. The summed E-state index contributed by atoms with van der Waals surface area (Å²) in [5.41, 5.74) is 0.917. The van der Waals surface area contributed by atoms with E-state index in [1.165, 1.54) is 0 Å². The first-order valence-corrected chi connectivity index (χ1v) is 7.30. The van der Waals surface area contributed by atoms with Crippen molar-refractivity contribution in [1.29, 1.82) is 0 Å². The molecule has 4 nitrogen and oxygen atoms in total. The zero-order valence-electron chi connectivity index (χ0n) is 11.2.